The average Bonchev–Trinajstić information content (AvgIpc) is 2.70. The minimum Gasteiger partial charge on any atom is -0.481 e. The lowest BCUT2D eigenvalue weighted by Crippen LogP contribution is -2.47. The van der Waals surface area contributed by atoms with Gasteiger partial charge in [-0.1, -0.05) is 44.2 Å². The Morgan fingerprint density at radius 3 is 2.59 bits per heavy atom. The van der Waals surface area contributed by atoms with Crippen LogP contribution in [-0.2, 0) is 20.8 Å². The molecule has 27 heavy (non-hydrogen) atoms. The van der Waals surface area contributed by atoms with Gasteiger partial charge in [0.05, 0.1) is 11.8 Å². The van der Waals surface area contributed by atoms with E-state index in [1.165, 1.54) is 0 Å². The van der Waals surface area contributed by atoms with Crippen molar-refractivity contribution in [1.29, 1.82) is 0 Å². The van der Waals surface area contributed by atoms with Crippen LogP contribution in [0.4, 0.5) is 0 Å². The molecule has 0 radical (unpaired) electrons. The minimum absolute atomic E-state index is 0.0333. The number of likely N-dealkylation sites (tertiary alicyclic amines) is 1. The van der Waals surface area contributed by atoms with Crippen LogP contribution in [0.25, 0.3) is 0 Å². The van der Waals surface area contributed by atoms with Crippen LogP contribution in [0.1, 0.15) is 38.7 Å². The number of carbonyl (C=O) groups is 3. The van der Waals surface area contributed by atoms with E-state index < -0.39 is 11.9 Å². The fourth-order valence-electron chi connectivity index (χ4n) is 3.39. The van der Waals surface area contributed by atoms with Gasteiger partial charge in [0.2, 0.25) is 11.8 Å². The molecule has 2 amide bonds. The number of aliphatic carboxylic acids is 1. The molecule has 1 aliphatic heterocycles. The molecule has 0 spiro atoms. The van der Waals surface area contributed by atoms with Crippen LogP contribution in [0, 0.1) is 17.8 Å². The molecule has 0 aromatic heterocycles. The van der Waals surface area contributed by atoms with Crippen molar-refractivity contribution < 1.29 is 19.5 Å². The van der Waals surface area contributed by atoms with Gasteiger partial charge in [-0.15, -0.1) is 0 Å². The van der Waals surface area contributed by atoms with Gasteiger partial charge < -0.3 is 15.3 Å². The maximum Gasteiger partial charge on any atom is 0.308 e. The van der Waals surface area contributed by atoms with Gasteiger partial charge in [-0.25, -0.2) is 0 Å². The predicted octanol–water partition coefficient (Wildman–Crippen LogP) is 2.33. The zero-order chi connectivity index (χ0) is 19.8. The van der Waals surface area contributed by atoms with Crippen molar-refractivity contribution in [3.63, 3.8) is 0 Å². The van der Waals surface area contributed by atoms with E-state index in [0.717, 1.165) is 24.8 Å². The SMILES string of the molecule is CCC(C)C(=O)N1CCCC(C(=O)NCC(Cc2ccccc2)C(=O)O)C1. The summed E-state index contributed by atoms with van der Waals surface area (Å²) in [5.74, 6) is -1.94. The standard InChI is InChI=1S/C21H30N2O4/c1-3-15(2)20(25)23-11-7-10-17(14-23)19(24)22-13-18(21(26)27)12-16-8-5-4-6-9-16/h4-6,8-9,15,17-18H,3,7,10-14H2,1-2H3,(H,22,24)(H,26,27). The summed E-state index contributed by atoms with van der Waals surface area (Å²) in [6.45, 7) is 5.10. The molecule has 148 valence electrons. The fourth-order valence-corrected chi connectivity index (χ4v) is 3.39. The summed E-state index contributed by atoms with van der Waals surface area (Å²) in [6, 6.07) is 9.40. The number of rotatable bonds is 8. The molecule has 2 N–H and O–H groups in total. The molecule has 1 aliphatic rings. The molecule has 2 rings (SSSR count). The molecule has 3 unspecified atom stereocenters. The lowest BCUT2D eigenvalue weighted by Gasteiger charge is -2.33. The molecule has 1 heterocycles. The largest absolute Gasteiger partial charge is 0.481 e. The molecule has 6 nitrogen and oxygen atoms in total. The van der Waals surface area contributed by atoms with E-state index in [4.69, 9.17) is 0 Å². The second kappa shape index (κ2) is 10.1. The second-order valence-electron chi connectivity index (χ2n) is 7.40. The zero-order valence-electron chi connectivity index (χ0n) is 16.2. The topological polar surface area (TPSA) is 86.7 Å². The number of nitrogens with zero attached hydrogens (tertiary/aromatic N) is 1. The first kappa shape index (κ1) is 20.9. The molecule has 6 heteroatoms. The molecule has 0 bridgehead atoms. The summed E-state index contributed by atoms with van der Waals surface area (Å²) in [4.78, 5) is 38.2. The Morgan fingerprint density at radius 2 is 1.96 bits per heavy atom. The summed E-state index contributed by atoms with van der Waals surface area (Å²) in [7, 11) is 0. The van der Waals surface area contributed by atoms with Crippen LogP contribution in [-0.4, -0.2) is 47.4 Å². The monoisotopic (exact) mass is 374 g/mol. The Bertz CT molecular complexity index is 647. The van der Waals surface area contributed by atoms with Gasteiger partial charge in [-0.05, 0) is 31.2 Å². The van der Waals surface area contributed by atoms with Crippen LogP contribution in [0.2, 0.25) is 0 Å². The van der Waals surface area contributed by atoms with Gasteiger partial charge in [-0.3, -0.25) is 14.4 Å². The Kier molecular flexibility index (Phi) is 7.82. The van der Waals surface area contributed by atoms with Gasteiger partial charge >= 0.3 is 5.97 Å². The van der Waals surface area contributed by atoms with Crippen molar-refractivity contribution in [2.75, 3.05) is 19.6 Å². The molecule has 1 fully saturated rings. The number of carboxylic acids is 1. The fraction of sp³-hybridized carbons (Fsp3) is 0.571. The van der Waals surface area contributed by atoms with Gasteiger partial charge in [0.1, 0.15) is 0 Å². The number of hydrogen-bond donors (Lipinski definition) is 2. The van der Waals surface area contributed by atoms with E-state index in [1.807, 2.05) is 44.2 Å². The highest BCUT2D eigenvalue weighted by atomic mass is 16.4. The third-order valence-electron chi connectivity index (χ3n) is 5.33. The zero-order valence-corrected chi connectivity index (χ0v) is 16.2. The molecule has 1 aromatic rings. The summed E-state index contributed by atoms with van der Waals surface area (Å²) in [5, 5.41) is 12.3. The van der Waals surface area contributed by atoms with Crippen molar-refractivity contribution in [2.24, 2.45) is 17.8 Å². The van der Waals surface area contributed by atoms with Crippen molar-refractivity contribution in [2.45, 2.75) is 39.5 Å². The highest BCUT2D eigenvalue weighted by Gasteiger charge is 2.30. The quantitative estimate of drug-likeness (QED) is 0.731. The minimum atomic E-state index is -0.920. The highest BCUT2D eigenvalue weighted by molar-refractivity contribution is 5.82. The van der Waals surface area contributed by atoms with E-state index in [0.29, 0.717) is 19.5 Å². The van der Waals surface area contributed by atoms with Gasteiger partial charge in [0.25, 0.3) is 0 Å². The summed E-state index contributed by atoms with van der Waals surface area (Å²) < 4.78 is 0. The summed E-state index contributed by atoms with van der Waals surface area (Å²) in [6.07, 6.45) is 2.69. The Labute approximate surface area is 160 Å². The van der Waals surface area contributed by atoms with Crippen LogP contribution in [0.15, 0.2) is 30.3 Å². The van der Waals surface area contributed by atoms with E-state index >= 15 is 0 Å². The van der Waals surface area contributed by atoms with E-state index in [-0.39, 0.29) is 30.2 Å². The number of hydrogen-bond acceptors (Lipinski definition) is 3. The Hall–Kier alpha value is -2.37. The maximum absolute atomic E-state index is 12.5. The second-order valence-corrected chi connectivity index (χ2v) is 7.40. The van der Waals surface area contributed by atoms with Crippen molar-refractivity contribution in [1.82, 2.24) is 10.2 Å². The first-order valence-electron chi connectivity index (χ1n) is 9.75. The first-order valence-corrected chi connectivity index (χ1v) is 9.75. The highest BCUT2D eigenvalue weighted by Crippen LogP contribution is 2.20. The van der Waals surface area contributed by atoms with E-state index in [1.54, 1.807) is 4.90 Å². The number of benzene rings is 1. The molecule has 3 atom stereocenters. The maximum atomic E-state index is 12.5. The number of nitrogens with one attached hydrogen (secondary N) is 1. The van der Waals surface area contributed by atoms with E-state index in [9.17, 15) is 19.5 Å². The molecule has 0 saturated carbocycles. The van der Waals surface area contributed by atoms with Crippen molar-refractivity contribution >= 4 is 17.8 Å². The van der Waals surface area contributed by atoms with Crippen LogP contribution in [0.3, 0.4) is 0 Å². The molecule has 1 saturated heterocycles. The Morgan fingerprint density at radius 1 is 1.26 bits per heavy atom. The third kappa shape index (κ3) is 6.08. The first-order chi connectivity index (χ1) is 12.9. The van der Waals surface area contributed by atoms with Crippen molar-refractivity contribution in [3.8, 4) is 0 Å². The van der Waals surface area contributed by atoms with E-state index in [2.05, 4.69) is 5.32 Å². The van der Waals surface area contributed by atoms with Crippen LogP contribution < -0.4 is 5.32 Å². The average molecular weight is 374 g/mol. The normalized spacial score (nSPS) is 19.2. The third-order valence-corrected chi connectivity index (χ3v) is 5.33. The lowest BCUT2D eigenvalue weighted by atomic mass is 9.94. The molecule has 1 aromatic carbocycles. The smallest absolute Gasteiger partial charge is 0.308 e. The van der Waals surface area contributed by atoms with Crippen molar-refractivity contribution in [3.05, 3.63) is 35.9 Å². The number of amides is 2. The van der Waals surface area contributed by atoms with Crippen LogP contribution in [0.5, 0.6) is 0 Å². The summed E-state index contributed by atoms with van der Waals surface area (Å²) >= 11 is 0. The van der Waals surface area contributed by atoms with Crippen LogP contribution >= 0.6 is 0 Å². The molecular formula is C21H30N2O4. The van der Waals surface area contributed by atoms with Gasteiger partial charge in [0, 0.05) is 25.6 Å². The number of piperidine rings is 1. The number of carbonyl (C=O) groups excluding carboxylic acids is 2. The van der Waals surface area contributed by atoms with Gasteiger partial charge in [0.15, 0.2) is 0 Å². The Balaban J connectivity index is 1.89. The molecular weight excluding hydrogens is 344 g/mol. The van der Waals surface area contributed by atoms with Gasteiger partial charge in [-0.2, -0.15) is 0 Å². The lowest BCUT2D eigenvalue weighted by molar-refractivity contribution is -0.141. The molecule has 0 aliphatic carbocycles. The summed E-state index contributed by atoms with van der Waals surface area (Å²) in [5.41, 5.74) is 0.933. The number of carboxylic acid groups (broad SMARTS) is 1. The predicted molar refractivity (Wildman–Crippen MR) is 103 cm³/mol.